The predicted molar refractivity (Wildman–Crippen MR) is 125 cm³/mol. The Morgan fingerprint density at radius 3 is 2.41 bits per heavy atom. The lowest BCUT2D eigenvalue weighted by atomic mass is 9.47. The molecule has 32 heavy (non-hydrogen) atoms. The number of ketones is 1. The Morgan fingerprint density at radius 1 is 1.00 bits per heavy atom. The van der Waals surface area contributed by atoms with Crippen molar-refractivity contribution >= 4 is 11.8 Å². The molecule has 3 fully saturated rings. The number of hydrogen-bond donors (Lipinski definition) is 2. The summed E-state index contributed by atoms with van der Waals surface area (Å²) in [6.07, 6.45) is 10.7. The van der Waals surface area contributed by atoms with E-state index in [2.05, 4.69) is 13.8 Å². The fourth-order valence-electron chi connectivity index (χ4n) is 7.42. The second kappa shape index (κ2) is 8.78. The summed E-state index contributed by atoms with van der Waals surface area (Å²) < 4.78 is 0. The van der Waals surface area contributed by atoms with E-state index in [1.54, 1.807) is 6.92 Å². The number of benzene rings is 1. The van der Waals surface area contributed by atoms with Gasteiger partial charge in [0.05, 0.1) is 12.0 Å². The zero-order valence-electron chi connectivity index (χ0n) is 19.7. The molecule has 2 N–H and O–H groups in total. The minimum Gasteiger partial charge on any atom is -0.481 e. The van der Waals surface area contributed by atoms with Gasteiger partial charge >= 0.3 is 5.97 Å². The van der Waals surface area contributed by atoms with Crippen LogP contribution in [0.5, 0.6) is 0 Å². The molecule has 0 amide bonds. The molecule has 0 heterocycles. The summed E-state index contributed by atoms with van der Waals surface area (Å²) in [5, 5.41) is 19.1. The Hall–Kier alpha value is -1.94. The maximum absolute atomic E-state index is 11.8. The van der Waals surface area contributed by atoms with Crippen LogP contribution < -0.4 is 0 Å². The van der Waals surface area contributed by atoms with Crippen LogP contribution in [0.25, 0.3) is 0 Å². The van der Waals surface area contributed by atoms with Gasteiger partial charge < -0.3 is 10.2 Å². The van der Waals surface area contributed by atoms with Gasteiger partial charge in [0.25, 0.3) is 0 Å². The van der Waals surface area contributed by atoms with Crippen molar-refractivity contribution in [2.75, 3.05) is 0 Å². The number of carbonyl (C=O) groups is 2. The Balaban J connectivity index is 0.000000189. The zero-order valence-corrected chi connectivity index (χ0v) is 19.7. The van der Waals surface area contributed by atoms with E-state index in [9.17, 15) is 14.7 Å². The molecular formula is C28H38O4. The molecular weight excluding hydrogens is 400 g/mol. The Bertz CT molecular complexity index is 890. The fourth-order valence-corrected chi connectivity index (χ4v) is 7.42. The Morgan fingerprint density at radius 2 is 1.72 bits per heavy atom. The Labute approximate surface area is 192 Å². The van der Waals surface area contributed by atoms with Gasteiger partial charge in [-0.05, 0) is 92.1 Å². The van der Waals surface area contributed by atoms with E-state index in [1.165, 1.54) is 31.3 Å². The molecule has 1 aromatic rings. The Kier molecular flexibility index (Phi) is 6.37. The average Bonchev–Trinajstić information content (AvgIpc) is 3.09. The number of aliphatic hydroxyl groups excluding tert-OH is 1. The number of aliphatic hydroxyl groups is 1. The molecule has 0 bridgehead atoms. The van der Waals surface area contributed by atoms with Crippen LogP contribution in [0.15, 0.2) is 42.0 Å². The molecule has 0 saturated heterocycles. The quantitative estimate of drug-likeness (QED) is 0.616. The molecule has 4 aliphatic rings. The molecule has 1 unspecified atom stereocenters. The highest BCUT2D eigenvalue weighted by atomic mass is 16.4. The number of fused-ring (bicyclic) bond motifs is 5. The third-order valence-corrected chi connectivity index (χ3v) is 9.58. The lowest BCUT2D eigenvalue weighted by Gasteiger charge is -2.57. The second-order valence-corrected chi connectivity index (χ2v) is 11.1. The molecule has 0 aliphatic heterocycles. The minimum atomic E-state index is -0.781. The number of hydrogen-bond acceptors (Lipinski definition) is 3. The van der Waals surface area contributed by atoms with Crippen LogP contribution in [0.4, 0.5) is 0 Å². The van der Waals surface area contributed by atoms with Crippen LogP contribution >= 0.6 is 0 Å². The number of carboxylic acids is 1. The van der Waals surface area contributed by atoms with E-state index in [0.29, 0.717) is 11.7 Å². The van der Waals surface area contributed by atoms with E-state index in [0.717, 1.165) is 43.1 Å². The van der Waals surface area contributed by atoms with Crippen molar-refractivity contribution in [3.8, 4) is 0 Å². The third kappa shape index (κ3) is 3.96. The van der Waals surface area contributed by atoms with Gasteiger partial charge in [0.15, 0.2) is 5.78 Å². The molecule has 0 spiro atoms. The molecule has 3 saturated carbocycles. The number of carboxylic acid groups (broad SMARTS) is 1. The first-order valence-corrected chi connectivity index (χ1v) is 12.4. The maximum atomic E-state index is 11.8. The summed E-state index contributed by atoms with van der Waals surface area (Å²) in [7, 11) is 0. The molecule has 0 aromatic heterocycles. The summed E-state index contributed by atoms with van der Waals surface area (Å²) in [5.41, 5.74) is 2.73. The van der Waals surface area contributed by atoms with Gasteiger partial charge in [0.1, 0.15) is 0 Å². The van der Waals surface area contributed by atoms with Gasteiger partial charge in [0.2, 0.25) is 0 Å². The van der Waals surface area contributed by atoms with Gasteiger partial charge in [0, 0.05) is 6.42 Å². The van der Waals surface area contributed by atoms with Crippen molar-refractivity contribution in [3.63, 3.8) is 0 Å². The molecule has 1 aromatic carbocycles. The number of carbonyl (C=O) groups excluding carboxylic acids is 1. The number of allylic oxidation sites excluding steroid dienone is 1. The van der Waals surface area contributed by atoms with Crippen LogP contribution in [0.2, 0.25) is 0 Å². The molecule has 4 heteroatoms. The van der Waals surface area contributed by atoms with Crippen LogP contribution in [0, 0.1) is 28.6 Å². The van der Waals surface area contributed by atoms with Crippen molar-refractivity contribution in [1.82, 2.24) is 0 Å². The summed E-state index contributed by atoms with van der Waals surface area (Å²) >= 11 is 0. The van der Waals surface area contributed by atoms with Crippen molar-refractivity contribution in [1.29, 1.82) is 0 Å². The summed E-state index contributed by atoms with van der Waals surface area (Å²) in [4.78, 5) is 22.3. The van der Waals surface area contributed by atoms with Crippen molar-refractivity contribution < 1.29 is 19.8 Å². The summed E-state index contributed by atoms with van der Waals surface area (Å²) in [6.45, 7) is 6.44. The van der Waals surface area contributed by atoms with Crippen LogP contribution in [-0.4, -0.2) is 28.1 Å². The van der Waals surface area contributed by atoms with E-state index in [1.807, 2.05) is 36.4 Å². The number of rotatable bonds is 2. The lowest BCUT2D eigenvalue weighted by Crippen LogP contribution is -2.51. The predicted octanol–water partition coefficient (Wildman–Crippen LogP) is 5.75. The van der Waals surface area contributed by atoms with Crippen LogP contribution in [0.3, 0.4) is 0 Å². The normalized spacial score (nSPS) is 38.9. The van der Waals surface area contributed by atoms with Gasteiger partial charge in [-0.25, -0.2) is 0 Å². The molecule has 5 rings (SSSR count). The summed E-state index contributed by atoms with van der Waals surface area (Å²) in [5.74, 6) is 1.39. The van der Waals surface area contributed by atoms with E-state index in [-0.39, 0.29) is 16.9 Å². The highest BCUT2D eigenvalue weighted by Crippen LogP contribution is 2.65. The van der Waals surface area contributed by atoms with E-state index in [4.69, 9.17) is 5.11 Å². The first kappa shape index (κ1) is 23.2. The SMILES string of the molecule is CC(C(=O)O)c1ccccc1.C[C@]12CC[C@H]3[C@@H](CCC4=CC(=O)CC[C@@]43C)[C@@H]1CC[C@@H]2O. The van der Waals surface area contributed by atoms with Crippen molar-refractivity contribution in [3.05, 3.63) is 47.5 Å². The first-order valence-electron chi connectivity index (χ1n) is 12.4. The highest BCUT2D eigenvalue weighted by Gasteiger charge is 2.58. The van der Waals surface area contributed by atoms with Gasteiger partial charge in [-0.2, -0.15) is 0 Å². The number of aliphatic carboxylic acids is 1. The molecule has 0 radical (unpaired) electrons. The third-order valence-electron chi connectivity index (χ3n) is 9.58. The first-order chi connectivity index (χ1) is 15.2. The average molecular weight is 439 g/mol. The standard InChI is InChI=1S/C19H28O2.C9H10O2/c1-18-9-7-13(20)11-12(18)3-4-14-15-5-6-17(21)19(15,2)10-8-16(14)18;1-7(9(10)11)8-5-3-2-4-6-8/h11,14-17,21H,3-10H2,1-2H3;2-7H,1H3,(H,10,11)/t14-,15-,16-,17-,18-,19-;/m0./s1. The molecule has 7 atom stereocenters. The second-order valence-electron chi connectivity index (χ2n) is 11.1. The summed E-state index contributed by atoms with van der Waals surface area (Å²) in [6, 6.07) is 9.19. The topological polar surface area (TPSA) is 74.6 Å². The molecule has 174 valence electrons. The van der Waals surface area contributed by atoms with E-state index >= 15 is 0 Å². The van der Waals surface area contributed by atoms with Crippen molar-refractivity contribution in [2.45, 2.75) is 84.2 Å². The van der Waals surface area contributed by atoms with Gasteiger partial charge in [-0.1, -0.05) is 49.8 Å². The zero-order chi connectivity index (χ0) is 23.1. The fraction of sp³-hybridized carbons (Fsp3) is 0.643. The lowest BCUT2D eigenvalue weighted by molar-refractivity contribution is -0.138. The van der Waals surface area contributed by atoms with Crippen LogP contribution in [0.1, 0.15) is 83.6 Å². The van der Waals surface area contributed by atoms with Gasteiger partial charge in [-0.15, -0.1) is 0 Å². The monoisotopic (exact) mass is 438 g/mol. The van der Waals surface area contributed by atoms with Crippen LogP contribution in [-0.2, 0) is 9.59 Å². The minimum absolute atomic E-state index is 0.0823. The molecule has 4 aliphatic carbocycles. The smallest absolute Gasteiger partial charge is 0.310 e. The van der Waals surface area contributed by atoms with Crippen molar-refractivity contribution in [2.24, 2.45) is 28.6 Å². The maximum Gasteiger partial charge on any atom is 0.310 e. The largest absolute Gasteiger partial charge is 0.481 e. The van der Waals surface area contributed by atoms with E-state index < -0.39 is 11.9 Å². The van der Waals surface area contributed by atoms with Gasteiger partial charge in [-0.3, -0.25) is 9.59 Å². The molecule has 4 nitrogen and oxygen atoms in total. The highest BCUT2D eigenvalue weighted by molar-refractivity contribution is 5.91.